The lowest BCUT2D eigenvalue weighted by molar-refractivity contribution is 0.0695. The molecule has 0 saturated heterocycles. The Balaban J connectivity index is 2.20. The van der Waals surface area contributed by atoms with E-state index < -0.39 is 23.8 Å². The van der Waals surface area contributed by atoms with Gasteiger partial charge in [-0.3, -0.25) is 9.59 Å². The number of hydrogen-bond acceptors (Lipinski definition) is 4. The molecule has 8 heteroatoms. The maximum Gasteiger partial charge on any atom is 0.336 e. The highest BCUT2D eigenvalue weighted by molar-refractivity contribution is 6.38. The lowest BCUT2D eigenvalue weighted by Crippen LogP contribution is -2.17. The van der Waals surface area contributed by atoms with Crippen LogP contribution in [0.2, 0.25) is 0 Å². The molecule has 6 N–H and O–H groups in total. The van der Waals surface area contributed by atoms with Gasteiger partial charge in [0.05, 0.1) is 11.1 Å². The van der Waals surface area contributed by atoms with Crippen LogP contribution in [0.25, 0.3) is 43.1 Å². The van der Waals surface area contributed by atoms with Gasteiger partial charge in [0.25, 0.3) is 0 Å². The van der Waals surface area contributed by atoms with E-state index in [1.807, 2.05) is 13.8 Å². The molecule has 0 aliphatic rings. The smallest absolute Gasteiger partial charge is 0.336 e. The zero-order chi connectivity index (χ0) is 26.0. The van der Waals surface area contributed by atoms with Gasteiger partial charge in [0.2, 0.25) is 11.8 Å². The molecule has 0 aromatic heterocycles. The van der Waals surface area contributed by atoms with E-state index in [0.29, 0.717) is 44.1 Å². The fourth-order valence-corrected chi connectivity index (χ4v) is 5.44. The van der Waals surface area contributed by atoms with Gasteiger partial charge in [-0.05, 0) is 74.5 Å². The predicted molar refractivity (Wildman–Crippen MR) is 137 cm³/mol. The van der Waals surface area contributed by atoms with E-state index in [0.717, 1.165) is 5.56 Å². The van der Waals surface area contributed by atoms with E-state index in [-0.39, 0.29) is 33.6 Å². The van der Waals surface area contributed by atoms with Crippen LogP contribution in [-0.2, 0) is 6.42 Å². The zero-order valence-corrected chi connectivity index (χ0v) is 19.5. The first-order valence-corrected chi connectivity index (χ1v) is 11.3. The second-order valence-corrected chi connectivity index (χ2v) is 9.38. The molecule has 0 heterocycles. The Bertz CT molecular complexity index is 1780. The van der Waals surface area contributed by atoms with Crippen LogP contribution in [0, 0.1) is 5.92 Å². The Morgan fingerprint density at radius 3 is 1.61 bits per heavy atom. The summed E-state index contributed by atoms with van der Waals surface area (Å²) < 4.78 is 0. The second kappa shape index (κ2) is 7.91. The van der Waals surface area contributed by atoms with Crippen LogP contribution >= 0.6 is 0 Å². The number of hydrogen-bond donors (Lipinski definition) is 4. The first-order valence-electron chi connectivity index (χ1n) is 11.3. The van der Waals surface area contributed by atoms with Crippen LogP contribution in [-0.4, -0.2) is 34.0 Å². The van der Waals surface area contributed by atoms with Gasteiger partial charge >= 0.3 is 11.9 Å². The van der Waals surface area contributed by atoms with E-state index in [9.17, 15) is 29.4 Å². The Morgan fingerprint density at radius 2 is 1.11 bits per heavy atom. The SMILES string of the molecule is CC(C)Cc1cc(C(N)=O)c2c(C(N)=O)ccc3c4ccc(C(=O)O)c5c(C(=O)O)ccc(c1c23)c54. The molecule has 0 bridgehead atoms. The maximum atomic E-state index is 12.6. The van der Waals surface area contributed by atoms with E-state index >= 15 is 0 Å². The summed E-state index contributed by atoms with van der Waals surface area (Å²) in [5, 5.41) is 23.9. The van der Waals surface area contributed by atoms with Crippen molar-refractivity contribution in [3.63, 3.8) is 0 Å². The summed E-state index contributed by atoms with van der Waals surface area (Å²) >= 11 is 0. The van der Waals surface area contributed by atoms with Gasteiger partial charge in [-0.25, -0.2) is 9.59 Å². The van der Waals surface area contributed by atoms with Crippen molar-refractivity contribution in [1.29, 1.82) is 0 Å². The van der Waals surface area contributed by atoms with Gasteiger partial charge in [-0.1, -0.05) is 32.0 Å². The molecule has 5 aromatic carbocycles. The van der Waals surface area contributed by atoms with E-state index in [1.54, 1.807) is 24.3 Å². The Kier molecular flexibility index (Phi) is 5.06. The minimum absolute atomic E-state index is 0.122. The van der Waals surface area contributed by atoms with Crippen molar-refractivity contribution in [1.82, 2.24) is 0 Å². The van der Waals surface area contributed by atoms with Crippen LogP contribution in [0.1, 0.15) is 60.8 Å². The van der Waals surface area contributed by atoms with E-state index in [1.165, 1.54) is 18.2 Å². The van der Waals surface area contributed by atoms with Gasteiger partial charge in [0, 0.05) is 21.9 Å². The maximum absolute atomic E-state index is 12.6. The number of fused-ring (bicyclic) bond motifs is 2. The van der Waals surface area contributed by atoms with Gasteiger partial charge in [-0.15, -0.1) is 0 Å². The first kappa shape index (κ1) is 23.0. The number of amides is 2. The molecule has 0 fully saturated rings. The summed E-state index contributed by atoms with van der Waals surface area (Å²) in [6.45, 7) is 4.04. The van der Waals surface area contributed by atoms with Gasteiger partial charge < -0.3 is 21.7 Å². The normalized spacial score (nSPS) is 11.8. The Labute approximate surface area is 204 Å². The molecule has 8 nitrogen and oxygen atoms in total. The third kappa shape index (κ3) is 3.15. The molecule has 0 atom stereocenters. The molecule has 180 valence electrons. The molecule has 0 radical (unpaired) electrons. The highest BCUT2D eigenvalue weighted by Crippen LogP contribution is 2.45. The van der Waals surface area contributed by atoms with Crippen LogP contribution in [0.5, 0.6) is 0 Å². The molecule has 5 aromatic rings. The van der Waals surface area contributed by atoms with Crippen molar-refractivity contribution in [2.45, 2.75) is 20.3 Å². The van der Waals surface area contributed by atoms with E-state index in [2.05, 4.69) is 0 Å². The number of carboxylic acids is 2. The molecule has 0 spiro atoms. The van der Waals surface area contributed by atoms with Crippen molar-refractivity contribution in [2.24, 2.45) is 17.4 Å². The fraction of sp³-hybridized carbons (Fsp3) is 0.143. The number of aromatic carboxylic acids is 2. The number of carboxylic acid groups (broad SMARTS) is 2. The van der Waals surface area contributed by atoms with E-state index in [4.69, 9.17) is 11.5 Å². The molecule has 2 amide bonds. The monoisotopic (exact) mass is 482 g/mol. The summed E-state index contributed by atoms with van der Waals surface area (Å²) in [4.78, 5) is 49.2. The molecule has 5 rings (SSSR count). The highest BCUT2D eigenvalue weighted by Gasteiger charge is 2.26. The number of carbonyl (C=O) groups excluding carboxylic acids is 2. The minimum atomic E-state index is -1.24. The number of benzene rings is 5. The standard InChI is InChI=1S/C28H22N2O6/c1-11(2)9-12-10-19(26(30)32)22-16(25(29)31)6-3-14-13-4-7-17(27(33)34)23-18(28(35)36)8-5-15(21(13)23)20(12)24(14)22/h3-8,10-11H,9H2,1-2H3,(H2,29,31)(H2,30,32)(H,33,34)(H,35,36). The summed E-state index contributed by atoms with van der Waals surface area (Å²) in [5.74, 6) is -3.72. The van der Waals surface area contributed by atoms with Crippen LogP contribution < -0.4 is 11.5 Å². The number of rotatable bonds is 6. The van der Waals surface area contributed by atoms with Gasteiger partial charge in [-0.2, -0.15) is 0 Å². The number of nitrogens with two attached hydrogens (primary N) is 2. The van der Waals surface area contributed by atoms with Crippen molar-refractivity contribution < 1.29 is 29.4 Å². The molecule has 0 aliphatic carbocycles. The Morgan fingerprint density at radius 1 is 0.639 bits per heavy atom. The molecule has 0 unspecified atom stereocenters. The number of carbonyl (C=O) groups is 4. The van der Waals surface area contributed by atoms with Crippen LogP contribution in [0.4, 0.5) is 0 Å². The summed E-state index contributed by atoms with van der Waals surface area (Å²) in [6, 6.07) is 10.9. The zero-order valence-electron chi connectivity index (χ0n) is 19.5. The molecule has 0 saturated carbocycles. The largest absolute Gasteiger partial charge is 0.478 e. The highest BCUT2D eigenvalue weighted by atomic mass is 16.4. The van der Waals surface area contributed by atoms with Crippen LogP contribution in [0.15, 0.2) is 42.5 Å². The molecule has 0 aliphatic heterocycles. The van der Waals surface area contributed by atoms with Gasteiger partial charge in [0.15, 0.2) is 0 Å². The van der Waals surface area contributed by atoms with Gasteiger partial charge in [0.1, 0.15) is 0 Å². The third-order valence-electron chi connectivity index (χ3n) is 6.70. The van der Waals surface area contributed by atoms with Crippen molar-refractivity contribution in [2.75, 3.05) is 0 Å². The average molecular weight is 482 g/mol. The molecule has 36 heavy (non-hydrogen) atoms. The van der Waals surface area contributed by atoms with Crippen LogP contribution in [0.3, 0.4) is 0 Å². The molecular weight excluding hydrogens is 460 g/mol. The van der Waals surface area contributed by atoms with Crippen molar-refractivity contribution in [3.05, 3.63) is 70.3 Å². The number of primary amides is 2. The minimum Gasteiger partial charge on any atom is -0.478 e. The first-order chi connectivity index (χ1) is 17.0. The van der Waals surface area contributed by atoms with Crippen molar-refractivity contribution >= 4 is 66.8 Å². The summed E-state index contributed by atoms with van der Waals surface area (Å²) in [6.07, 6.45) is 0.557. The lowest BCUT2D eigenvalue weighted by Gasteiger charge is -2.22. The summed E-state index contributed by atoms with van der Waals surface area (Å²) in [5.41, 5.74) is 12.3. The second-order valence-electron chi connectivity index (χ2n) is 9.38. The third-order valence-corrected chi connectivity index (χ3v) is 6.70. The van der Waals surface area contributed by atoms with Crippen molar-refractivity contribution in [3.8, 4) is 0 Å². The lowest BCUT2D eigenvalue weighted by atomic mass is 9.81. The Hall–Kier alpha value is -4.72. The fourth-order valence-electron chi connectivity index (χ4n) is 5.44. The average Bonchev–Trinajstić information content (AvgIpc) is 2.80. The quantitative estimate of drug-likeness (QED) is 0.205. The molecular formula is C28H22N2O6. The summed E-state index contributed by atoms with van der Waals surface area (Å²) in [7, 11) is 0. The topological polar surface area (TPSA) is 161 Å². The predicted octanol–water partition coefficient (Wildman–Crippen LogP) is 4.53.